The average molecular weight is 280 g/mol. The van der Waals surface area contributed by atoms with Crippen molar-refractivity contribution in [3.63, 3.8) is 0 Å². The molecule has 1 aliphatic carbocycles. The van der Waals surface area contributed by atoms with Crippen LogP contribution in [0.1, 0.15) is 25.7 Å². The van der Waals surface area contributed by atoms with Crippen LogP contribution < -0.4 is 11.1 Å². The summed E-state index contributed by atoms with van der Waals surface area (Å²) >= 11 is 0. The Morgan fingerprint density at radius 3 is 1.89 bits per heavy atom. The zero-order valence-electron chi connectivity index (χ0n) is 9.95. The minimum atomic E-state index is -2.15. The molecule has 1 aliphatic rings. The lowest BCUT2D eigenvalue weighted by Crippen LogP contribution is -2.35. The number of rotatable bonds is 2. The normalized spacial score (nSPS) is 23.5. The molecule has 0 bridgehead atoms. The Balaban J connectivity index is 2.30. The van der Waals surface area contributed by atoms with Gasteiger partial charge in [0.2, 0.25) is 5.82 Å². The van der Waals surface area contributed by atoms with Gasteiger partial charge in [0.1, 0.15) is 5.69 Å². The zero-order valence-corrected chi connectivity index (χ0v) is 9.95. The predicted octanol–water partition coefficient (Wildman–Crippen LogP) is 3.06. The van der Waals surface area contributed by atoms with E-state index in [1.165, 1.54) is 0 Å². The average Bonchev–Trinajstić information content (AvgIpc) is 2.39. The Morgan fingerprint density at radius 1 is 0.842 bits per heavy atom. The third-order valence-corrected chi connectivity index (χ3v) is 3.27. The van der Waals surface area contributed by atoms with Crippen molar-refractivity contribution in [2.24, 2.45) is 5.73 Å². The van der Waals surface area contributed by atoms with Crippen molar-refractivity contribution in [2.75, 3.05) is 5.32 Å². The second-order valence-electron chi connectivity index (χ2n) is 4.71. The van der Waals surface area contributed by atoms with Gasteiger partial charge in [-0.25, -0.2) is 22.0 Å². The van der Waals surface area contributed by atoms with E-state index in [1.54, 1.807) is 0 Å². The highest BCUT2D eigenvalue weighted by Gasteiger charge is 2.28. The fourth-order valence-electron chi connectivity index (χ4n) is 2.29. The summed E-state index contributed by atoms with van der Waals surface area (Å²) in [4.78, 5) is 0. The highest BCUT2D eigenvalue weighted by atomic mass is 19.2. The SMILES string of the molecule is NC1CCCC(Nc2c(F)c(F)c(F)c(F)c2F)C1. The van der Waals surface area contributed by atoms with E-state index in [-0.39, 0.29) is 6.04 Å². The molecule has 1 fully saturated rings. The van der Waals surface area contributed by atoms with Crippen LogP contribution in [0.3, 0.4) is 0 Å². The molecule has 2 rings (SSSR count). The van der Waals surface area contributed by atoms with Crippen LogP contribution in [0.15, 0.2) is 0 Å². The van der Waals surface area contributed by atoms with Crippen molar-refractivity contribution in [3.05, 3.63) is 29.1 Å². The second kappa shape index (κ2) is 5.32. The lowest BCUT2D eigenvalue weighted by Gasteiger charge is -2.28. The molecule has 7 heteroatoms. The quantitative estimate of drug-likeness (QED) is 0.496. The minimum absolute atomic E-state index is 0.132. The lowest BCUT2D eigenvalue weighted by molar-refractivity contribution is 0.374. The fraction of sp³-hybridized carbons (Fsp3) is 0.500. The van der Waals surface area contributed by atoms with Crippen LogP contribution in [-0.2, 0) is 0 Å². The molecule has 19 heavy (non-hydrogen) atoms. The molecule has 0 aliphatic heterocycles. The van der Waals surface area contributed by atoms with Gasteiger partial charge in [0.05, 0.1) is 0 Å². The van der Waals surface area contributed by atoms with Gasteiger partial charge in [-0.1, -0.05) is 0 Å². The van der Waals surface area contributed by atoms with Crippen LogP contribution >= 0.6 is 0 Å². The molecule has 0 amide bonds. The molecule has 2 nitrogen and oxygen atoms in total. The first-order chi connectivity index (χ1) is 8.91. The largest absolute Gasteiger partial charge is 0.377 e. The maximum Gasteiger partial charge on any atom is 0.200 e. The number of halogens is 5. The van der Waals surface area contributed by atoms with Gasteiger partial charge in [-0.15, -0.1) is 0 Å². The molecular weight excluding hydrogens is 267 g/mol. The van der Waals surface area contributed by atoms with E-state index in [0.29, 0.717) is 12.8 Å². The van der Waals surface area contributed by atoms with Crippen molar-refractivity contribution in [1.29, 1.82) is 0 Å². The standard InChI is InChI=1S/C12H13F5N2/c13-7-8(14)10(16)12(11(17)9(7)15)19-6-3-1-2-5(18)4-6/h5-6,19H,1-4,18H2. The van der Waals surface area contributed by atoms with E-state index < -0.39 is 40.8 Å². The number of hydrogen-bond acceptors (Lipinski definition) is 2. The Hall–Kier alpha value is -1.37. The van der Waals surface area contributed by atoms with Crippen LogP contribution in [0.2, 0.25) is 0 Å². The van der Waals surface area contributed by atoms with E-state index >= 15 is 0 Å². The summed E-state index contributed by atoms with van der Waals surface area (Å²) in [5.41, 5.74) is 4.73. The molecule has 0 radical (unpaired) electrons. The lowest BCUT2D eigenvalue weighted by atomic mass is 9.91. The monoisotopic (exact) mass is 280 g/mol. The number of benzene rings is 1. The van der Waals surface area contributed by atoms with Crippen molar-refractivity contribution in [3.8, 4) is 0 Å². The first kappa shape index (κ1) is 14.0. The van der Waals surface area contributed by atoms with Gasteiger partial charge in [-0.3, -0.25) is 0 Å². The Bertz CT molecular complexity index is 462. The van der Waals surface area contributed by atoms with E-state index in [9.17, 15) is 22.0 Å². The summed E-state index contributed by atoms with van der Waals surface area (Å²) < 4.78 is 65.8. The van der Waals surface area contributed by atoms with Crippen LogP contribution in [0, 0.1) is 29.1 Å². The van der Waals surface area contributed by atoms with Gasteiger partial charge in [-0.2, -0.15) is 0 Å². The Labute approximate surface area is 106 Å². The van der Waals surface area contributed by atoms with Gasteiger partial charge in [0.15, 0.2) is 23.3 Å². The van der Waals surface area contributed by atoms with Crippen molar-refractivity contribution >= 4 is 5.69 Å². The van der Waals surface area contributed by atoms with Gasteiger partial charge < -0.3 is 11.1 Å². The minimum Gasteiger partial charge on any atom is -0.377 e. The topological polar surface area (TPSA) is 38.0 Å². The molecule has 3 N–H and O–H groups in total. The van der Waals surface area contributed by atoms with E-state index in [1.807, 2.05) is 0 Å². The molecular formula is C12H13F5N2. The molecule has 0 spiro atoms. The van der Waals surface area contributed by atoms with Crippen LogP contribution in [0.4, 0.5) is 27.6 Å². The van der Waals surface area contributed by atoms with E-state index in [4.69, 9.17) is 5.73 Å². The summed E-state index contributed by atoms with van der Waals surface area (Å²) in [5.74, 6) is -9.71. The van der Waals surface area contributed by atoms with Crippen LogP contribution in [0.5, 0.6) is 0 Å². The molecule has 0 saturated heterocycles. The van der Waals surface area contributed by atoms with E-state index in [0.717, 1.165) is 12.8 Å². The maximum absolute atomic E-state index is 13.4. The van der Waals surface area contributed by atoms with Gasteiger partial charge in [0, 0.05) is 12.1 Å². The smallest absolute Gasteiger partial charge is 0.200 e. The van der Waals surface area contributed by atoms with Gasteiger partial charge >= 0.3 is 0 Å². The molecule has 106 valence electrons. The summed E-state index contributed by atoms with van der Waals surface area (Å²) in [6.45, 7) is 0. The third-order valence-electron chi connectivity index (χ3n) is 3.27. The first-order valence-corrected chi connectivity index (χ1v) is 5.95. The highest BCUT2D eigenvalue weighted by Crippen LogP contribution is 2.29. The fourth-order valence-corrected chi connectivity index (χ4v) is 2.29. The predicted molar refractivity (Wildman–Crippen MR) is 60.1 cm³/mol. The number of hydrogen-bond donors (Lipinski definition) is 2. The number of anilines is 1. The Kier molecular flexibility index (Phi) is 3.93. The molecule has 2 unspecified atom stereocenters. The van der Waals surface area contributed by atoms with Crippen LogP contribution in [0.25, 0.3) is 0 Å². The summed E-state index contributed by atoms with van der Waals surface area (Å²) in [6, 6.07) is -0.524. The summed E-state index contributed by atoms with van der Waals surface area (Å²) in [5, 5.41) is 2.38. The molecule has 0 heterocycles. The highest BCUT2D eigenvalue weighted by molar-refractivity contribution is 5.48. The number of nitrogens with two attached hydrogens (primary N) is 1. The summed E-state index contributed by atoms with van der Waals surface area (Å²) in [6.07, 6.45) is 2.54. The summed E-state index contributed by atoms with van der Waals surface area (Å²) in [7, 11) is 0. The first-order valence-electron chi connectivity index (χ1n) is 5.95. The second-order valence-corrected chi connectivity index (χ2v) is 4.71. The van der Waals surface area contributed by atoms with Crippen molar-refractivity contribution < 1.29 is 22.0 Å². The molecule has 0 aromatic heterocycles. The van der Waals surface area contributed by atoms with E-state index in [2.05, 4.69) is 5.32 Å². The Morgan fingerprint density at radius 2 is 1.37 bits per heavy atom. The van der Waals surface area contributed by atoms with Crippen LogP contribution in [-0.4, -0.2) is 12.1 Å². The maximum atomic E-state index is 13.4. The molecule has 1 saturated carbocycles. The molecule has 2 atom stereocenters. The number of nitrogens with one attached hydrogen (secondary N) is 1. The van der Waals surface area contributed by atoms with Gasteiger partial charge in [-0.05, 0) is 25.7 Å². The molecule has 1 aromatic carbocycles. The van der Waals surface area contributed by atoms with Crippen molar-refractivity contribution in [2.45, 2.75) is 37.8 Å². The van der Waals surface area contributed by atoms with Crippen molar-refractivity contribution in [1.82, 2.24) is 0 Å². The third kappa shape index (κ3) is 2.65. The molecule has 1 aromatic rings. The van der Waals surface area contributed by atoms with Gasteiger partial charge in [0.25, 0.3) is 0 Å². The zero-order chi connectivity index (χ0) is 14.2.